The summed E-state index contributed by atoms with van der Waals surface area (Å²) in [5.41, 5.74) is 0.804. The highest BCUT2D eigenvalue weighted by atomic mass is 79.9. The van der Waals surface area contributed by atoms with Gasteiger partial charge in [-0.05, 0) is 31.5 Å². The zero-order valence-electron chi connectivity index (χ0n) is 9.39. The van der Waals surface area contributed by atoms with Crippen LogP contribution in [0.3, 0.4) is 0 Å². The molecule has 1 N–H and O–H groups in total. The van der Waals surface area contributed by atoms with E-state index in [0.717, 1.165) is 23.1 Å². The van der Waals surface area contributed by atoms with Gasteiger partial charge in [0.05, 0.1) is 11.7 Å². The summed E-state index contributed by atoms with van der Waals surface area (Å²) < 4.78 is 19.7. The van der Waals surface area contributed by atoms with Gasteiger partial charge in [0.25, 0.3) is 0 Å². The van der Waals surface area contributed by atoms with Crippen LogP contribution in [0.2, 0.25) is 0 Å². The van der Waals surface area contributed by atoms with Crippen molar-refractivity contribution < 1.29 is 9.13 Å². The third-order valence-corrected chi connectivity index (χ3v) is 3.34. The fraction of sp³-hybridized carbons (Fsp3) is 0.500. The molecule has 1 heterocycles. The molecule has 2 nitrogen and oxygen atoms in total. The molecule has 0 radical (unpaired) electrons. The van der Waals surface area contributed by atoms with Crippen molar-refractivity contribution in [1.29, 1.82) is 0 Å². The summed E-state index contributed by atoms with van der Waals surface area (Å²) in [6.45, 7) is 5.68. The lowest BCUT2D eigenvalue weighted by Gasteiger charge is -2.37. The lowest BCUT2D eigenvalue weighted by atomic mass is 10.0. The molecule has 4 heteroatoms. The van der Waals surface area contributed by atoms with Gasteiger partial charge in [-0.25, -0.2) is 4.39 Å². The Hall–Kier alpha value is -0.450. The van der Waals surface area contributed by atoms with E-state index >= 15 is 0 Å². The zero-order valence-corrected chi connectivity index (χ0v) is 11.0. The van der Waals surface area contributed by atoms with Crippen LogP contribution in [0.15, 0.2) is 22.7 Å². The Balaban J connectivity index is 2.23. The van der Waals surface area contributed by atoms with Crippen LogP contribution in [0.4, 0.5) is 4.39 Å². The number of rotatable bonds is 1. The van der Waals surface area contributed by atoms with Gasteiger partial charge in [-0.15, -0.1) is 0 Å². The van der Waals surface area contributed by atoms with Crippen LogP contribution < -0.4 is 5.32 Å². The molecule has 0 saturated carbocycles. The first-order valence-electron chi connectivity index (χ1n) is 5.31. The fourth-order valence-corrected chi connectivity index (χ4v) is 2.51. The second-order valence-electron chi connectivity index (χ2n) is 4.66. The highest BCUT2D eigenvalue weighted by Crippen LogP contribution is 2.31. The van der Waals surface area contributed by atoms with E-state index in [1.807, 2.05) is 13.8 Å². The Labute approximate surface area is 103 Å². The first-order chi connectivity index (χ1) is 7.48. The Morgan fingerprint density at radius 1 is 1.50 bits per heavy atom. The van der Waals surface area contributed by atoms with E-state index in [0.29, 0.717) is 0 Å². The highest BCUT2D eigenvalue weighted by Gasteiger charge is 2.30. The second-order valence-corrected chi connectivity index (χ2v) is 5.52. The minimum Gasteiger partial charge on any atom is -0.365 e. The minimum atomic E-state index is -0.237. The summed E-state index contributed by atoms with van der Waals surface area (Å²) in [6.07, 6.45) is -0.0290. The molecule has 1 aromatic rings. The predicted octanol–water partition coefficient (Wildman–Crippen LogP) is 3.03. The van der Waals surface area contributed by atoms with E-state index in [4.69, 9.17) is 4.74 Å². The smallest absolute Gasteiger partial charge is 0.124 e. The first-order valence-corrected chi connectivity index (χ1v) is 6.11. The zero-order chi connectivity index (χ0) is 11.8. The van der Waals surface area contributed by atoms with Crippen LogP contribution >= 0.6 is 15.9 Å². The molecule has 2 rings (SSSR count). The molecule has 1 aliphatic rings. The topological polar surface area (TPSA) is 21.3 Å². The lowest BCUT2D eigenvalue weighted by molar-refractivity contribution is -0.0961. The average molecular weight is 288 g/mol. The van der Waals surface area contributed by atoms with E-state index < -0.39 is 0 Å². The van der Waals surface area contributed by atoms with E-state index in [1.54, 1.807) is 6.07 Å². The summed E-state index contributed by atoms with van der Waals surface area (Å²) in [7, 11) is 0. The van der Waals surface area contributed by atoms with Crippen molar-refractivity contribution in [3.05, 3.63) is 34.1 Å². The minimum absolute atomic E-state index is 0.0290. The number of nitrogens with one attached hydrogen (secondary N) is 1. The molecule has 1 atom stereocenters. The fourth-order valence-electron chi connectivity index (χ4n) is 1.91. The van der Waals surface area contributed by atoms with Crippen LogP contribution in [0.5, 0.6) is 0 Å². The highest BCUT2D eigenvalue weighted by molar-refractivity contribution is 9.10. The molecule has 0 aromatic heterocycles. The summed E-state index contributed by atoms with van der Waals surface area (Å²) in [4.78, 5) is 0. The summed E-state index contributed by atoms with van der Waals surface area (Å²) in [6, 6.07) is 4.71. The first kappa shape index (κ1) is 12.0. The normalized spacial score (nSPS) is 24.4. The average Bonchev–Trinajstić information content (AvgIpc) is 2.15. The van der Waals surface area contributed by atoms with Gasteiger partial charge in [0, 0.05) is 17.6 Å². The van der Waals surface area contributed by atoms with Crippen molar-refractivity contribution in [1.82, 2.24) is 5.32 Å². The van der Waals surface area contributed by atoms with E-state index in [1.165, 1.54) is 12.1 Å². The monoisotopic (exact) mass is 287 g/mol. The molecule has 1 unspecified atom stereocenters. The quantitative estimate of drug-likeness (QED) is 0.857. The van der Waals surface area contributed by atoms with Gasteiger partial charge in [0.15, 0.2) is 0 Å². The second kappa shape index (κ2) is 4.43. The number of halogens is 2. The number of morpholine rings is 1. The molecule has 0 amide bonds. The maximum absolute atomic E-state index is 13.0. The molecule has 1 fully saturated rings. The number of ether oxygens (including phenoxy) is 1. The van der Waals surface area contributed by atoms with Gasteiger partial charge in [-0.2, -0.15) is 0 Å². The van der Waals surface area contributed by atoms with Gasteiger partial charge in [-0.1, -0.05) is 22.0 Å². The van der Waals surface area contributed by atoms with Crippen LogP contribution in [0, 0.1) is 5.82 Å². The van der Waals surface area contributed by atoms with Gasteiger partial charge in [-0.3, -0.25) is 0 Å². The van der Waals surface area contributed by atoms with E-state index in [9.17, 15) is 4.39 Å². The molecular weight excluding hydrogens is 273 g/mol. The van der Waals surface area contributed by atoms with E-state index in [2.05, 4.69) is 21.2 Å². The van der Waals surface area contributed by atoms with Crippen LogP contribution in [-0.2, 0) is 4.74 Å². The largest absolute Gasteiger partial charge is 0.365 e. The Bertz CT molecular complexity index is 395. The molecule has 0 aliphatic carbocycles. The van der Waals surface area contributed by atoms with Gasteiger partial charge in [0.1, 0.15) is 5.82 Å². The van der Waals surface area contributed by atoms with Gasteiger partial charge < -0.3 is 10.1 Å². The maximum Gasteiger partial charge on any atom is 0.124 e. The maximum atomic E-state index is 13.0. The van der Waals surface area contributed by atoms with Crippen LogP contribution in [0.25, 0.3) is 0 Å². The predicted molar refractivity (Wildman–Crippen MR) is 64.9 cm³/mol. The Kier molecular flexibility index (Phi) is 3.33. The molecule has 1 aliphatic heterocycles. The standard InChI is InChI=1S/C12H15BrFNO/c1-12(2)7-15-6-11(16-12)9-4-3-8(14)5-10(9)13/h3-5,11,15H,6-7H2,1-2H3. The number of benzene rings is 1. The molecular formula is C12H15BrFNO. The van der Waals surface area contributed by atoms with Crippen LogP contribution in [0.1, 0.15) is 25.5 Å². The van der Waals surface area contributed by atoms with Gasteiger partial charge >= 0.3 is 0 Å². The van der Waals surface area contributed by atoms with Crippen molar-refractivity contribution in [2.45, 2.75) is 25.6 Å². The number of hydrogen-bond acceptors (Lipinski definition) is 2. The van der Waals surface area contributed by atoms with Crippen molar-refractivity contribution in [2.24, 2.45) is 0 Å². The summed E-state index contributed by atoms with van der Waals surface area (Å²) in [5.74, 6) is -0.237. The summed E-state index contributed by atoms with van der Waals surface area (Å²) >= 11 is 3.37. The van der Waals surface area contributed by atoms with Crippen molar-refractivity contribution in [3.63, 3.8) is 0 Å². The summed E-state index contributed by atoms with van der Waals surface area (Å²) in [5, 5.41) is 3.33. The Morgan fingerprint density at radius 2 is 2.25 bits per heavy atom. The third kappa shape index (κ3) is 2.62. The molecule has 88 valence electrons. The van der Waals surface area contributed by atoms with Crippen molar-refractivity contribution >= 4 is 15.9 Å². The van der Waals surface area contributed by atoms with Crippen molar-refractivity contribution in [2.75, 3.05) is 13.1 Å². The van der Waals surface area contributed by atoms with Crippen LogP contribution in [-0.4, -0.2) is 18.7 Å². The molecule has 0 spiro atoms. The molecule has 0 bridgehead atoms. The third-order valence-electron chi connectivity index (χ3n) is 2.65. The molecule has 1 saturated heterocycles. The van der Waals surface area contributed by atoms with Gasteiger partial charge in [0.2, 0.25) is 0 Å². The SMILES string of the molecule is CC1(C)CNCC(c2ccc(F)cc2Br)O1. The number of hydrogen-bond donors (Lipinski definition) is 1. The molecule has 1 aromatic carbocycles. The lowest BCUT2D eigenvalue weighted by Crippen LogP contribution is -2.46. The van der Waals surface area contributed by atoms with E-state index in [-0.39, 0.29) is 17.5 Å². The Morgan fingerprint density at radius 3 is 2.88 bits per heavy atom. The molecule has 16 heavy (non-hydrogen) atoms. The van der Waals surface area contributed by atoms with Crippen molar-refractivity contribution in [3.8, 4) is 0 Å².